The summed E-state index contributed by atoms with van der Waals surface area (Å²) in [6.07, 6.45) is 2.31. The first-order chi connectivity index (χ1) is 8.40. The fourth-order valence-electron chi connectivity index (χ4n) is 2.51. The highest BCUT2D eigenvalue weighted by molar-refractivity contribution is 5.74. The zero-order valence-corrected chi connectivity index (χ0v) is 12.8. The first-order valence-corrected chi connectivity index (χ1v) is 7.44. The molecule has 0 bridgehead atoms. The predicted molar refractivity (Wildman–Crippen MR) is 76.6 cm³/mol. The molecule has 0 saturated carbocycles. The Morgan fingerprint density at radius 2 is 1.56 bits per heavy atom. The summed E-state index contributed by atoms with van der Waals surface area (Å²) in [5.74, 6) is 1.85. The number of hydrogen-bond donors (Lipinski definition) is 0. The van der Waals surface area contributed by atoms with Gasteiger partial charge < -0.3 is 9.80 Å². The van der Waals surface area contributed by atoms with Crippen molar-refractivity contribution in [3.63, 3.8) is 0 Å². The summed E-state index contributed by atoms with van der Waals surface area (Å²) in [7, 11) is 0. The number of likely N-dealkylation sites (tertiary alicyclic amines) is 1. The van der Waals surface area contributed by atoms with Crippen molar-refractivity contribution in [2.24, 2.45) is 17.8 Å². The molecular weight excluding hydrogens is 224 g/mol. The van der Waals surface area contributed by atoms with E-state index in [0.29, 0.717) is 11.8 Å². The first kappa shape index (κ1) is 15.3. The van der Waals surface area contributed by atoms with Crippen LogP contribution in [0.2, 0.25) is 0 Å². The van der Waals surface area contributed by atoms with Crippen molar-refractivity contribution < 1.29 is 4.79 Å². The van der Waals surface area contributed by atoms with Crippen LogP contribution in [0.5, 0.6) is 0 Å². The lowest BCUT2D eigenvalue weighted by Gasteiger charge is -2.36. The fraction of sp³-hybridized carbons (Fsp3) is 0.933. The number of rotatable bonds is 4. The minimum Gasteiger partial charge on any atom is -0.325 e. The van der Waals surface area contributed by atoms with Crippen LogP contribution in [-0.4, -0.2) is 42.0 Å². The molecule has 1 rings (SSSR count). The van der Waals surface area contributed by atoms with Crippen molar-refractivity contribution in [2.75, 3.05) is 26.2 Å². The molecule has 0 atom stereocenters. The molecule has 1 fully saturated rings. The summed E-state index contributed by atoms with van der Waals surface area (Å²) < 4.78 is 0. The third-order valence-corrected chi connectivity index (χ3v) is 3.50. The Labute approximate surface area is 113 Å². The number of urea groups is 1. The number of hydrogen-bond acceptors (Lipinski definition) is 1. The first-order valence-electron chi connectivity index (χ1n) is 7.44. The lowest BCUT2D eigenvalue weighted by atomic mass is 9.99. The maximum atomic E-state index is 12.5. The van der Waals surface area contributed by atoms with Gasteiger partial charge in [-0.3, -0.25) is 0 Å². The van der Waals surface area contributed by atoms with E-state index >= 15 is 0 Å². The third-order valence-electron chi connectivity index (χ3n) is 3.50. The van der Waals surface area contributed by atoms with Crippen LogP contribution in [-0.2, 0) is 0 Å². The average Bonchev–Trinajstić information content (AvgIpc) is 2.27. The van der Waals surface area contributed by atoms with Gasteiger partial charge in [-0.1, -0.05) is 34.6 Å². The van der Waals surface area contributed by atoms with Crippen LogP contribution < -0.4 is 0 Å². The molecule has 1 heterocycles. The van der Waals surface area contributed by atoms with E-state index in [1.165, 1.54) is 0 Å². The zero-order valence-electron chi connectivity index (χ0n) is 12.8. The third kappa shape index (κ3) is 4.87. The molecule has 1 aliphatic heterocycles. The maximum Gasteiger partial charge on any atom is 0.320 e. The van der Waals surface area contributed by atoms with Crippen molar-refractivity contribution >= 4 is 6.03 Å². The van der Waals surface area contributed by atoms with Crippen LogP contribution >= 0.6 is 0 Å². The van der Waals surface area contributed by atoms with Gasteiger partial charge in [-0.2, -0.15) is 0 Å². The average molecular weight is 254 g/mol. The Balaban J connectivity index is 2.57. The molecule has 0 unspecified atom stereocenters. The van der Waals surface area contributed by atoms with Crippen molar-refractivity contribution in [1.29, 1.82) is 0 Å². The quantitative estimate of drug-likeness (QED) is 0.753. The molecule has 0 radical (unpaired) electrons. The molecule has 18 heavy (non-hydrogen) atoms. The van der Waals surface area contributed by atoms with Gasteiger partial charge in [0.15, 0.2) is 0 Å². The van der Waals surface area contributed by atoms with Crippen molar-refractivity contribution in [3.05, 3.63) is 0 Å². The van der Waals surface area contributed by atoms with Crippen LogP contribution in [0.3, 0.4) is 0 Å². The minimum atomic E-state index is 0.254. The Morgan fingerprint density at radius 3 is 1.94 bits per heavy atom. The summed E-state index contributed by atoms with van der Waals surface area (Å²) in [5, 5.41) is 0. The Hall–Kier alpha value is -0.730. The lowest BCUT2D eigenvalue weighted by molar-refractivity contribution is 0.125. The Kier molecular flexibility index (Phi) is 5.97. The SMILES string of the molecule is CC(C)CN(CC(C)C)C(=O)N1CCC(C)CC1. The lowest BCUT2D eigenvalue weighted by Crippen LogP contribution is -2.48. The molecule has 106 valence electrons. The highest BCUT2D eigenvalue weighted by Gasteiger charge is 2.25. The predicted octanol–water partition coefficient (Wildman–Crippen LogP) is 3.45. The second-order valence-electron chi connectivity index (χ2n) is 6.64. The van der Waals surface area contributed by atoms with Crippen molar-refractivity contribution in [3.8, 4) is 0 Å². The van der Waals surface area contributed by atoms with Crippen LogP contribution in [0.4, 0.5) is 4.79 Å². The largest absolute Gasteiger partial charge is 0.325 e. The molecule has 0 spiro atoms. The van der Waals surface area contributed by atoms with Gasteiger partial charge >= 0.3 is 6.03 Å². The van der Waals surface area contributed by atoms with E-state index < -0.39 is 0 Å². The Bertz CT molecular complexity index is 245. The van der Waals surface area contributed by atoms with E-state index in [0.717, 1.165) is 44.9 Å². The van der Waals surface area contributed by atoms with E-state index in [-0.39, 0.29) is 6.03 Å². The zero-order chi connectivity index (χ0) is 13.7. The number of piperidine rings is 1. The molecule has 3 heteroatoms. The fourth-order valence-corrected chi connectivity index (χ4v) is 2.51. The van der Waals surface area contributed by atoms with Gasteiger partial charge in [0.25, 0.3) is 0 Å². The second kappa shape index (κ2) is 7.01. The van der Waals surface area contributed by atoms with Gasteiger partial charge in [0.1, 0.15) is 0 Å². The monoisotopic (exact) mass is 254 g/mol. The molecule has 1 aliphatic rings. The highest BCUT2D eigenvalue weighted by atomic mass is 16.2. The van der Waals surface area contributed by atoms with Gasteiger partial charge in [0.2, 0.25) is 0 Å². The molecule has 0 aromatic carbocycles. The Morgan fingerprint density at radius 1 is 1.11 bits per heavy atom. The van der Waals surface area contributed by atoms with Crippen LogP contribution in [0.25, 0.3) is 0 Å². The minimum absolute atomic E-state index is 0.254. The molecule has 2 amide bonds. The second-order valence-corrected chi connectivity index (χ2v) is 6.64. The van der Waals surface area contributed by atoms with Gasteiger partial charge in [0, 0.05) is 26.2 Å². The van der Waals surface area contributed by atoms with E-state index in [1.807, 2.05) is 9.80 Å². The van der Waals surface area contributed by atoms with Gasteiger partial charge in [-0.25, -0.2) is 4.79 Å². The van der Waals surface area contributed by atoms with E-state index in [2.05, 4.69) is 34.6 Å². The molecule has 0 aliphatic carbocycles. The summed E-state index contributed by atoms with van der Waals surface area (Å²) >= 11 is 0. The summed E-state index contributed by atoms with van der Waals surface area (Å²) in [4.78, 5) is 16.6. The van der Waals surface area contributed by atoms with Gasteiger partial charge in [-0.15, -0.1) is 0 Å². The van der Waals surface area contributed by atoms with Crippen LogP contribution in [0.15, 0.2) is 0 Å². The summed E-state index contributed by atoms with van der Waals surface area (Å²) in [6, 6.07) is 0.254. The molecular formula is C15H30N2O. The molecule has 3 nitrogen and oxygen atoms in total. The summed E-state index contributed by atoms with van der Waals surface area (Å²) in [6.45, 7) is 14.6. The van der Waals surface area contributed by atoms with E-state index in [1.54, 1.807) is 0 Å². The molecule has 1 saturated heterocycles. The molecule has 0 N–H and O–H groups in total. The smallest absolute Gasteiger partial charge is 0.320 e. The summed E-state index contributed by atoms with van der Waals surface area (Å²) in [5.41, 5.74) is 0. The number of nitrogens with zero attached hydrogens (tertiary/aromatic N) is 2. The van der Waals surface area contributed by atoms with E-state index in [9.17, 15) is 4.79 Å². The van der Waals surface area contributed by atoms with E-state index in [4.69, 9.17) is 0 Å². The van der Waals surface area contributed by atoms with Crippen LogP contribution in [0.1, 0.15) is 47.5 Å². The normalized spacial score (nSPS) is 17.6. The van der Waals surface area contributed by atoms with Gasteiger partial charge in [-0.05, 0) is 30.6 Å². The number of amides is 2. The molecule has 0 aromatic heterocycles. The highest BCUT2D eigenvalue weighted by Crippen LogP contribution is 2.18. The molecule has 0 aromatic rings. The number of carbonyl (C=O) groups excluding carboxylic acids is 1. The van der Waals surface area contributed by atoms with Gasteiger partial charge in [0.05, 0.1) is 0 Å². The van der Waals surface area contributed by atoms with Crippen molar-refractivity contribution in [1.82, 2.24) is 9.80 Å². The van der Waals surface area contributed by atoms with Crippen LogP contribution in [0, 0.1) is 17.8 Å². The van der Waals surface area contributed by atoms with Crippen molar-refractivity contribution in [2.45, 2.75) is 47.5 Å². The topological polar surface area (TPSA) is 23.6 Å². The number of carbonyl (C=O) groups is 1. The standard InChI is InChI=1S/C15H30N2O/c1-12(2)10-17(11-13(3)4)15(18)16-8-6-14(5)7-9-16/h12-14H,6-11H2,1-5H3. The maximum absolute atomic E-state index is 12.5.